The van der Waals surface area contributed by atoms with Crippen LogP contribution in [0.1, 0.15) is 50.5 Å². The van der Waals surface area contributed by atoms with Gasteiger partial charge in [0.25, 0.3) is 5.91 Å². The predicted molar refractivity (Wildman–Crippen MR) is 143 cm³/mol. The minimum absolute atomic E-state index is 0.0142. The van der Waals surface area contributed by atoms with E-state index in [4.69, 9.17) is 9.15 Å². The highest BCUT2D eigenvalue weighted by molar-refractivity contribution is 7.99. The molecular weight excluding hydrogens is 545 g/mol. The van der Waals surface area contributed by atoms with Crippen LogP contribution in [0.2, 0.25) is 0 Å². The third-order valence-electron chi connectivity index (χ3n) is 5.92. The van der Waals surface area contributed by atoms with Crippen molar-refractivity contribution in [3.05, 3.63) is 76.1 Å². The fraction of sp³-hybridized carbons (Fsp3) is 0.269. The van der Waals surface area contributed by atoms with Crippen molar-refractivity contribution in [3.63, 3.8) is 0 Å². The number of thioether (sulfide) groups is 1. The Morgan fingerprint density at radius 3 is 2.74 bits per heavy atom. The molecule has 202 valence electrons. The number of anilines is 1. The number of nitrogens with zero attached hydrogens (tertiary/aromatic N) is 3. The molecule has 0 aliphatic heterocycles. The lowest BCUT2D eigenvalue weighted by atomic mass is 10.1. The molecule has 0 unspecified atom stereocenters. The number of amides is 2. The number of esters is 1. The van der Waals surface area contributed by atoms with Crippen LogP contribution in [0.15, 0.2) is 52.2 Å². The molecule has 0 bridgehead atoms. The normalized spacial score (nSPS) is 12.3. The first-order valence-corrected chi connectivity index (χ1v) is 14.0. The second-order valence-corrected chi connectivity index (χ2v) is 10.5. The number of furan rings is 1. The topological polar surface area (TPSA) is 128 Å². The minimum Gasteiger partial charge on any atom is -0.462 e. The first-order chi connectivity index (χ1) is 18.9. The lowest BCUT2D eigenvalue weighted by molar-refractivity contribution is -0.113. The van der Waals surface area contributed by atoms with E-state index in [-0.39, 0.29) is 30.6 Å². The van der Waals surface area contributed by atoms with E-state index in [2.05, 4.69) is 20.8 Å². The zero-order valence-electron chi connectivity index (χ0n) is 20.9. The van der Waals surface area contributed by atoms with E-state index >= 15 is 0 Å². The average molecular weight is 570 g/mol. The van der Waals surface area contributed by atoms with E-state index in [9.17, 15) is 18.8 Å². The third-order valence-corrected chi connectivity index (χ3v) is 8.06. The Labute approximate surface area is 230 Å². The van der Waals surface area contributed by atoms with Crippen molar-refractivity contribution in [1.82, 2.24) is 20.1 Å². The quantitative estimate of drug-likeness (QED) is 0.213. The summed E-state index contributed by atoms with van der Waals surface area (Å²) in [7, 11) is 0. The van der Waals surface area contributed by atoms with Gasteiger partial charge in [0.1, 0.15) is 10.8 Å². The van der Waals surface area contributed by atoms with E-state index in [1.807, 2.05) is 0 Å². The molecule has 0 atom stereocenters. The van der Waals surface area contributed by atoms with Crippen LogP contribution >= 0.6 is 23.1 Å². The molecule has 0 fully saturated rings. The van der Waals surface area contributed by atoms with Crippen LogP contribution in [0, 0.1) is 5.82 Å². The average Bonchev–Trinajstić information content (AvgIpc) is 3.71. The number of nitrogens with one attached hydrogen (secondary N) is 2. The first-order valence-electron chi connectivity index (χ1n) is 12.2. The molecule has 3 heterocycles. The van der Waals surface area contributed by atoms with Crippen LogP contribution in [0.3, 0.4) is 0 Å². The van der Waals surface area contributed by atoms with Gasteiger partial charge in [-0.1, -0.05) is 11.8 Å². The van der Waals surface area contributed by atoms with Crippen LogP contribution in [-0.2, 0) is 28.9 Å². The number of aromatic nitrogens is 3. The summed E-state index contributed by atoms with van der Waals surface area (Å²) < 4.78 is 25.6. The summed E-state index contributed by atoms with van der Waals surface area (Å²) in [5.74, 6) is -1.09. The zero-order valence-corrected chi connectivity index (χ0v) is 22.5. The monoisotopic (exact) mass is 569 g/mol. The summed E-state index contributed by atoms with van der Waals surface area (Å²) >= 11 is 2.53. The molecule has 2 amide bonds. The summed E-state index contributed by atoms with van der Waals surface area (Å²) in [5, 5.41) is 14.8. The van der Waals surface area contributed by atoms with Gasteiger partial charge in [0.05, 0.1) is 30.7 Å². The maximum absolute atomic E-state index is 13.6. The number of hydrogen-bond acceptors (Lipinski definition) is 9. The second kappa shape index (κ2) is 11.8. The smallest absolute Gasteiger partial charge is 0.341 e. The minimum atomic E-state index is -0.433. The number of carbonyl (C=O) groups is 3. The Balaban J connectivity index is 1.32. The van der Waals surface area contributed by atoms with Gasteiger partial charge in [-0.15, -0.1) is 21.5 Å². The van der Waals surface area contributed by atoms with Crippen LogP contribution in [0.4, 0.5) is 9.39 Å². The molecule has 5 rings (SSSR count). The third kappa shape index (κ3) is 5.88. The standard InChI is InChI=1S/C26H24FN5O5S2/c1-2-36-25(35)22-17-5-3-7-19(17)39-24(22)29-21(33)14-38-26-31-30-20(13-28-23(34)18-6-4-12-37-18)32(26)16-10-8-15(27)9-11-16/h4,6,8-12H,2-3,5,7,13-14H2,1H3,(H,28,34)(H,29,33). The van der Waals surface area contributed by atoms with Gasteiger partial charge in [0.2, 0.25) is 5.91 Å². The van der Waals surface area contributed by atoms with Crippen molar-refractivity contribution in [2.45, 2.75) is 37.9 Å². The van der Waals surface area contributed by atoms with Gasteiger partial charge < -0.3 is 19.8 Å². The summed E-state index contributed by atoms with van der Waals surface area (Å²) in [6, 6.07) is 8.85. The number of carbonyl (C=O) groups excluding carboxylic acids is 3. The van der Waals surface area contributed by atoms with Crippen LogP contribution < -0.4 is 10.6 Å². The Morgan fingerprint density at radius 2 is 2.00 bits per heavy atom. The summed E-state index contributed by atoms with van der Waals surface area (Å²) in [4.78, 5) is 39.0. The van der Waals surface area contributed by atoms with Gasteiger partial charge in [-0.05, 0) is 68.1 Å². The van der Waals surface area contributed by atoms with Crippen molar-refractivity contribution in [3.8, 4) is 5.69 Å². The lowest BCUT2D eigenvalue weighted by Crippen LogP contribution is -2.24. The van der Waals surface area contributed by atoms with Crippen molar-refractivity contribution in [1.29, 1.82) is 0 Å². The molecule has 13 heteroatoms. The fourth-order valence-corrected chi connectivity index (χ4v) is 6.28. The molecular formula is C26H24FN5O5S2. The SMILES string of the molecule is CCOC(=O)c1c(NC(=O)CSc2nnc(CNC(=O)c3ccco3)n2-c2ccc(F)cc2)sc2c1CCC2. The number of ether oxygens (including phenoxy) is 1. The number of rotatable bonds is 10. The van der Waals surface area contributed by atoms with Crippen molar-refractivity contribution < 1.29 is 27.9 Å². The maximum Gasteiger partial charge on any atom is 0.341 e. The fourth-order valence-electron chi connectivity index (χ4n) is 4.22. The molecule has 3 aromatic heterocycles. The largest absolute Gasteiger partial charge is 0.462 e. The Bertz CT molecular complexity index is 1500. The molecule has 0 radical (unpaired) electrons. The zero-order chi connectivity index (χ0) is 27.4. The van der Waals surface area contributed by atoms with Gasteiger partial charge in [0, 0.05) is 10.6 Å². The van der Waals surface area contributed by atoms with Crippen molar-refractivity contribution >= 4 is 45.9 Å². The summed E-state index contributed by atoms with van der Waals surface area (Å²) in [5.41, 5.74) is 1.96. The van der Waals surface area contributed by atoms with Crippen molar-refractivity contribution in [2.75, 3.05) is 17.7 Å². The second-order valence-electron chi connectivity index (χ2n) is 8.49. The van der Waals surface area contributed by atoms with E-state index in [0.29, 0.717) is 27.2 Å². The number of benzene rings is 1. The summed E-state index contributed by atoms with van der Waals surface area (Å²) in [6.45, 7) is 2.00. The molecule has 4 aromatic rings. The highest BCUT2D eigenvalue weighted by Crippen LogP contribution is 2.39. The van der Waals surface area contributed by atoms with Gasteiger partial charge in [-0.25, -0.2) is 9.18 Å². The van der Waals surface area contributed by atoms with Gasteiger partial charge in [0.15, 0.2) is 16.7 Å². The lowest BCUT2D eigenvalue weighted by Gasteiger charge is -2.11. The van der Waals surface area contributed by atoms with Crippen LogP contribution in [-0.4, -0.2) is 44.9 Å². The predicted octanol–water partition coefficient (Wildman–Crippen LogP) is 4.39. The van der Waals surface area contributed by atoms with Gasteiger partial charge >= 0.3 is 5.97 Å². The van der Waals surface area contributed by atoms with E-state index < -0.39 is 17.7 Å². The number of thiophene rings is 1. The Kier molecular flexibility index (Phi) is 8.07. The van der Waals surface area contributed by atoms with Crippen molar-refractivity contribution in [2.24, 2.45) is 0 Å². The first kappa shape index (κ1) is 26.6. The number of aryl methyl sites for hydroxylation is 1. The summed E-state index contributed by atoms with van der Waals surface area (Å²) in [6.07, 6.45) is 4.03. The van der Waals surface area contributed by atoms with Crippen LogP contribution in [0.25, 0.3) is 5.69 Å². The maximum atomic E-state index is 13.6. The highest BCUT2D eigenvalue weighted by Gasteiger charge is 2.28. The molecule has 1 aromatic carbocycles. The molecule has 0 saturated heterocycles. The van der Waals surface area contributed by atoms with Crippen LogP contribution in [0.5, 0.6) is 0 Å². The van der Waals surface area contributed by atoms with Gasteiger partial charge in [-0.2, -0.15) is 0 Å². The van der Waals surface area contributed by atoms with Gasteiger partial charge in [-0.3, -0.25) is 14.2 Å². The molecule has 10 nitrogen and oxygen atoms in total. The number of hydrogen-bond donors (Lipinski definition) is 2. The number of halogens is 1. The molecule has 39 heavy (non-hydrogen) atoms. The highest BCUT2D eigenvalue weighted by atomic mass is 32.2. The van der Waals surface area contributed by atoms with E-state index in [0.717, 1.165) is 41.5 Å². The van der Waals surface area contributed by atoms with E-state index in [1.54, 1.807) is 29.7 Å². The van der Waals surface area contributed by atoms with E-state index in [1.165, 1.54) is 35.8 Å². The Hall–Kier alpha value is -3.97. The Morgan fingerprint density at radius 1 is 1.18 bits per heavy atom. The number of fused-ring (bicyclic) bond motifs is 1. The molecule has 0 saturated carbocycles. The molecule has 1 aliphatic carbocycles. The molecule has 2 N–H and O–H groups in total. The molecule has 0 spiro atoms. The molecule has 1 aliphatic rings.